The van der Waals surface area contributed by atoms with Gasteiger partial charge in [0.25, 0.3) is 5.91 Å². The molecule has 0 atom stereocenters. The first-order valence-corrected chi connectivity index (χ1v) is 8.55. The van der Waals surface area contributed by atoms with Gasteiger partial charge in [-0.15, -0.1) is 0 Å². The van der Waals surface area contributed by atoms with Gasteiger partial charge >= 0.3 is 5.97 Å². The second-order valence-corrected chi connectivity index (χ2v) is 6.45. The third kappa shape index (κ3) is 4.92. The van der Waals surface area contributed by atoms with Crippen LogP contribution in [-0.2, 0) is 16.1 Å². The lowest BCUT2D eigenvalue weighted by molar-refractivity contribution is -0.117. The van der Waals surface area contributed by atoms with E-state index < -0.39 is 5.97 Å². The average Bonchev–Trinajstić information content (AvgIpc) is 3.47. The topological polar surface area (TPSA) is 105 Å². The Morgan fingerprint density at radius 3 is 2.30 bits per heavy atom. The van der Waals surface area contributed by atoms with E-state index in [-0.39, 0.29) is 29.9 Å². The second kappa shape index (κ2) is 8.01. The largest absolute Gasteiger partial charge is 0.478 e. The minimum atomic E-state index is -1.08. The summed E-state index contributed by atoms with van der Waals surface area (Å²) in [4.78, 5) is 35.5. The Morgan fingerprint density at radius 2 is 1.70 bits per heavy atom. The number of hydrogen-bond donors (Lipinski definition) is 3. The van der Waals surface area contributed by atoms with E-state index in [1.54, 1.807) is 30.3 Å². The smallest absolute Gasteiger partial charge is 0.335 e. The quantitative estimate of drug-likeness (QED) is 0.696. The van der Waals surface area contributed by atoms with Crippen molar-refractivity contribution in [1.29, 1.82) is 0 Å². The van der Waals surface area contributed by atoms with Crippen LogP contribution in [0.5, 0.6) is 0 Å². The molecule has 1 aliphatic carbocycles. The fourth-order valence-electron chi connectivity index (χ4n) is 2.64. The summed E-state index contributed by atoms with van der Waals surface area (Å²) in [7, 11) is 1.51. The number of carbonyl (C=O) groups is 3. The molecule has 7 heteroatoms. The standard InChI is InChI=1S/C20H20N2O5/c1-27-11-12-8-15(20(25)26)10-17(9-12)22-19(24)14-4-6-16(7-5-14)21-18(23)13-2-3-13/h4-10,13H,2-3,11H2,1H3,(H,21,23)(H,22,24)(H,25,26). The lowest BCUT2D eigenvalue weighted by Gasteiger charge is -2.10. The van der Waals surface area contributed by atoms with Crippen molar-refractivity contribution in [2.75, 3.05) is 17.7 Å². The maximum atomic E-state index is 12.4. The van der Waals surface area contributed by atoms with Crippen LogP contribution in [0.25, 0.3) is 0 Å². The van der Waals surface area contributed by atoms with E-state index in [2.05, 4.69) is 10.6 Å². The molecule has 27 heavy (non-hydrogen) atoms. The minimum Gasteiger partial charge on any atom is -0.478 e. The summed E-state index contributed by atoms with van der Waals surface area (Å²) >= 11 is 0. The molecular weight excluding hydrogens is 348 g/mol. The van der Waals surface area contributed by atoms with Crippen LogP contribution in [-0.4, -0.2) is 30.0 Å². The Kier molecular flexibility index (Phi) is 5.52. The van der Waals surface area contributed by atoms with Crippen LogP contribution in [0.2, 0.25) is 0 Å². The molecule has 2 aromatic rings. The molecule has 0 aliphatic heterocycles. The van der Waals surface area contributed by atoms with Gasteiger partial charge < -0.3 is 20.5 Å². The molecule has 1 aliphatic rings. The van der Waals surface area contributed by atoms with Crippen LogP contribution in [0.3, 0.4) is 0 Å². The van der Waals surface area contributed by atoms with Gasteiger partial charge in [0.15, 0.2) is 0 Å². The van der Waals surface area contributed by atoms with E-state index in [1.807, 2.05) is 0 Å². The number of ether oxygens (including phenoxy) is 1. The number of aromatic carboxylic acids is 1. The number of rotatable bonds is 7. The fourth-order valence-corrected chi connectivity index (χ4v) is 2.64. The number of amides is 2. The number of carboxylic acid groups (broad SMARTS) is 1. The molecule has 3 N–H and O–H groups in total. The van der Waals surface area contributed by atoms with Crippen molar-refractivity contribution in [1.82, 2.24) is 0 Å². The van der Waals surface area contributed by atoms with Crippen LogP contribution < -0.4 is 10.6 Å². The first-order valence-electron chi connectivity index (χ1n) is 8.55. The Morgan fingerprint density at radius 1 is 1.00 bits per heavy atom. The van der Waals surface area contributed by atoms with E-state index in [0.717, 1.165) is 12.8 Å². The molecule has 2 amide bonds. The van der Waals surface area contributed by atoms with E-state index in [1.165, 1.54) is 19.2 Å². The van der Waals surface area contributed by atoms with Crippen LogP contribution in [0.15, 0.2) is 42.5 Å². The number of anilines is 2. The van der Waals surface area contributed by atoms with Crippen molar-refractivity contribution < 1.29 is 24.2 Å². The monoisotopic (exact) mass is 368 g/mol. The Bertz CT molecular complexity index is 872. The lowest BCUT2D eigenvalue weighted by atomic mass is 10.1. The SMILES string of the molecule is COCc1cc(NC(=O)c2ccc(NC(=O)C3CC3)cc2)cc(C(=O)O)c1. The third-order valence-corrected chi connectivity index (χ3v) is 4.17. The zero-order chi connectivity index (χ0) is 19.4. The van der Waals surface area contributed by atoms with E-state index >= 15 is 0 Å². The predicted molar refractivity (Wildman–Crippen MR) is 99.9 cm³/mol. The van der Waals surface area contributed by atoms with E-state index in [4.69, 9.17) is 4.74 Å². The molecule has 0 spiro atoms. The van der Waals surface area contributed by atoms with Gasteiger partial charge in [0.05, 0.1) is 12.2 Å². The molecule has 0 saturated heterocycles. The van der Waals surface area contributed by atoms with Crippen molar-refractivity contribution >= 4 is 29.2 Å². The lowest BCUT2D eigenvalue weighted by Crippen LogP contribution is -2.15. The Hall–Kier alpha value is -3.19. The average molecular weight is 368 g/mol. The van der Waals surface area contributed by atoms with Gasteiger partial charge in [0.2, 0.25) is 5.91 Å². The van der Waals surface area contributed by atoms with Gasteiger partial charge in [0.1, 0.15) is 0 Å². The number of methoxy groups -OCH3 is 1. The molecule has 2 aromatic carbocycles. The van der Waals surface area contributed by atoms with Crippen molar-refractivity contribution in [3.05, 3.63) is 59.2 Å². The van der Waals surface area contributed by atoms with Crippen LogP contribution in [0, 0.1) is 5.92 Å². The molecule has 1 saturated carbocycles. The normalized spacial score (nSPS) is 13.1. The maximum absolute atomic E-state index is 12.4. The summed E-state index contributed by atoms with van der Waals surface area (Å²) < 4.78 is 5.03. The van der Waals surface area contributed by atoms with Gasteiger partial charge in [-0.2, -0.15) is 0 Å². The molecule has 0 heterocycles. The zero-order valence-corrected chi connectivity index (χ0v) is 14.8. The number of carboxylic acids is 1. The molecule has 0 radical (unpaired) electrons. The van der Waals surface area contributed by atoms with Crippen LogP contribution in [0.4, 0.5) is 11.4 Å². The predicted octanol–water partition coefficient (Wildman–Crippen LogP) is 3.13. The summed E-state index contributed by atoms with van der Waals surface area (Å²) in [6, 6.07) is 11.1. The van der Waals surface area contributed by atoms with Crippen molar-refractivity contribution in [2.24, 2.45) is 5.92 Å². The van der Waals surface area contributed by atoms with Crippen molar-refractivity contribution in [3.63, 3.8) is 0 Å². The number of carbonyl (C=O) groups excluding carboxylic acids is 2. The zero-order valence-electron chi connectivity index (χ0n) is 14.8. The molecular formula is C20H20N2O5. The van der Waals surface area contributed by atoms with Gasteiger partial charge in [-0.3, -0.25) is 9.59 Å². The second-order valence-electron chi connectivity index (χ2n) is 6.45. The first kappa shape index (κ1) is 18.6. The summed E-state index contributed by atoms with van der Waals surface area (Å²) in [6.45, 7) is 0.235. The number of benzene rings is 2. The maximum Gasteiger partial charge on any atom is 0.335 e. The molecule has 7 nitrogen and oxygen atoms in total. The summed E-state index contributed by atoms with van der Waals surface area (Å²) in [6.07, 6.45) is 1.85. The third-order valence-electron chi connectivity index (χ3n) is 4.17. The van der Waals surface area contributed by atoms with Crippen LogP contribution >= 0.6 is 0 Å². The Labute approximate surface area is 156 Å². The van der Waals surface area contributed by atoms with E-state index in [9.17, 15) is 19.5 Å². The molecule has 0 aromatic heterocycles. The Balaban J connectivity index is 1.70. The van der Waals surface area contributed by atoms with E-state index in [0.29, 0.717) is 22.5 Å². The highest BCUT2D eigenvalue weighted by Gasteiger charge is 2.29. The molecule has 0 unspecified atom stereocenters. The van der Waals surface area contributed by atoms with Gasteiger partial charge in [-0.1, -0.05) is 0 Å². The summed E-state index contributed by atoms with van der Waals surface area (Å²) in [5.41, 5.74) is 2.12. The van der Waals surface area contributed by atoms with Crippen molar-refractivity contribution in [3.8, 4) is 0 Å². The first-order chi connectivity index (χ1) is 13.0. The minimum absolute atomic E-state index is 0.00311. The molecule has 140 valence electrons. The summed E-state index contributed by atoms with van der Waals surface area (Å²) in [5, 5.41) is 14.7. The highest BCUT2D eigenvalue weighted by atomic mass is 16.5. The fraction of sp³-hybridized carbons (Fsp3) is 0.250. The van der Waals surface area contributed by atoms with Crippen LogP contribution in [0.1, 0.15) is 39.1 Å². The van der Waals surface area contributed by atoms with Gasteiger partial charge in [0, 0.05) is 30.0 Å². The summed E-state index contributed by atoms with van der Waals surface area (Å²) in [5.74, 6) is -1.35. The van der Waals surface area contributed by atoms with Gasteiger partial charge in [-0.25, -0.2) is 4.79 Å². The van der Waals surface area contributed by atoms with Crippen molar-refractivity contribution in [2.45, 2.75) is 19.4 Å². The van der Waals surface area contributed by atoms with Gasteiger partial charge in [-0.05, 0) is 60.9 Å². The molecule has 1 fully saturated rings. The highest BCUT2D eigenvalue weighted by Crippen LogP contribution is 2.30. The number of hydrogen-bond acceptors (Lipinski definition) is 4. The highest BCUT2D eigenvalue weighted by molar-refractivity contribution is 6.05. The molecule has 0 bridgehead atoms. The number of nitrogens with one attached hydrogen (secondary N) is 2. The molecule has 3 rings (SSSR count).